The zero-order valence-electron chi connectivity index (χ0n) is 21.3. The van der Waals surface area contributed by atoms with E-state index in [1.54, 1.807) is 56.3 Å². The van der Waals surface area contributed by atoms with Crippen LogP contribution in [0.25, 0.3) is 5.76 Å². The highest BCUT2D eigenvalue weighted by atomic mass is 16.6. The highest BCUT2D eigenvalue weighted by Gasteiger charge is 2.47. The van der Waals surface area contributed by atoms with Gasteiger partial charge >= 0.3 is 5.97 Å². The Hall–Kier alpha value is -4.59. The van der Waals surface area contributed by atoms with E-state index < -0.39 is 23.7 Å². The largest absolute Gasteiger partial charge is 0.507 e. The molecule has 3 aromatic carbocycles. The minimum Gasteiger partial charge on any atom is -0.507 e. The van der Waals surface area contributed by atoms with Crippen LogP contribution in [-0.4, -0.2) is 42.1 Å². The lowest BCUT2D eigenvalue weighted by molar-refractivity contribution is -0.132. The number of carbonyl (C=O) groups is 3. The lowest BCUT2D eigenvalue weighted by Gasteiger charge is -2.26. The summed E-state index contributed by atoms with van der Waals surface area (Å²) in [4.78, 5) is 40.8. The molecule has 1 saturated heterocycles. The second-order valence-corrected chi connectivity index (χ2v) is 9.45. The summed E-state index contributed by atoms with van der Waals surface area (Å²) in [5, 5.41) is 11.4. The zero-order valence-corrected chi connectivity index (χ0v) is 21.3. The molecule has 3 aromatic rings. The zero-order chi connectivity index (χ0) is 27.0. The summed E-state index contributed by atoms with van der Waals surface area (Å²) in [6, 6.07) is 17.7. The topological polar surface area (TPSA) is 102 Å². The molecule has 38 heavy (non-hydrogen) atoms. The minimum atomic E-state index is -0.931. The molecule has 0 saturated carbocycles. The Morgan fingerprint density at radius 2 is 1.68 bits per heavy atom. The molecule has 2 heterocycles. The second-order valence-electron chi connectivity index (χ2n) is 9.45. The van der Waals surface area contributed by atoms with E-state index in [4.69, 9.17) is 14.2 Å². The number of aliphatic hydroxyl groups is 1. The molecular weight excluding hydrogens is 486 g/mol. The molecule has 0 aromatic heterocycles. The number of esters is 1. The van der Waals surface area contributed by atoms with Gasteiger partial charge in [-0.05, 0) is 62.7 Å². The summed E-state index contributed by atoms with van der Waals surface area (Å²) in [5.74, 6) is -1.54. The molecule has 5 rings (SSSR count). The number of anilines is 1. The first kappa shape index (κ1) is 25.1. The van der Waals surface area contributed by atoms with Crippen molar-refractivity contribution >= 4 is 29.1 Å². The van der Waals surface area contributed by atoms with Crippen LogP contribution in [-0.2, 0) is 14.3 Å². The molecule has 8 heteroatoms. The van der Waals surface area contributed by atoms with Crippen LogP contribution in [0.1, 0.15) is 46.9 Å². The van der Waals surface area contributed by atoms with Crippen molar-refractivity contribution in [2.75, 3.05) is 18.1 Å². The van der Waals surface area contributed by atoms with Crippen molar-refractivity contribution < 1.29 is 33.7 Å². The first-order valence-electron chi connectivity index (χ1n) is 12.3. The van der Waals surface area contributed by atoms with E-state index in [2.05, 4.69) is 0 Å². The van der Waals surface area contributed by atoms with Gasteiger partial charge in [-0.25, -0.2) is 4.79 Å². The Morgan fingerprint density at radius 1 is 0.947 bits per heavy atom. The Kier molecular flexibility index (Phi) is 6.63. The number of ketones is 1. The first-order chi connectivity index (χ1) is 18.2. The normalized spacial score (nSPS) is 18.1. The maximum Gasteiger partial charge on any atom is 0.338 e. The van der Waals surface area contributed by atoms with Crippen LogP contribution in [0.5, 0.6) is 11.5 Å². The summed E-state index contributed by atoms with van der Waals surface area (Å²) in [6.07, 6.45) is -0.321. The van der Waals surface area contributed by atoms with Gasteiger partial charge in [0, 0.05) is 11.3 Å². The first-order valence-corrected chi connectivity index (χ1v) is 12.3. The number of fused-ring (bicyclic) bond motifs is 1. The van der Waals surface area contributed by atoms with Crippen LogP contribution in [0.3, 0.4) is 0 Å². The summed E-state index contributed by atoms with van der Waals surface area (Å²) >= 11 is 0. The van der Waals surface area contributed by atoms with Crippen molar-refractivity contribution in [1.82, 2.24) is 0 Å². The number of hydrogen-bond acceptors (Lipinski definition) is 7. The smallest absolute Gasteiger partial charge is 0.338 e. The molecule has 0 aliphatic carbocycles. The van der Waals surface area contributed by atoms with Gasteiger partial charge in [0.15, 0.2) is 11.5 Å². The molecule has 8 nitrogen and oxygen atoms in total. The number of Topliss-reactive ketones (excluding diaryl/α,β-unsaturated/α-hetero) is 1. The predicted octanol–water partition coefficient (Wildman–Crippen LogP) is 4.96. The van der Waals surface area contributed by atoms with Crippen molar-refractivity contribution in [2.24, 2.45) is 0 Å². The maximum absolute atomic E-state index is 13.5. The van der Waals surface area contributed by atoms with E-state index in [0.29, 0.717) is 41.5 Å². The van der Waals surface area contributed by atoms with E-state index in [9.17, 15) is 19.5 Å². The summed E-state index contributed by atoms with van der Waals surface area (Å²) in [5.41, 5.74) is 2.39. The fourth-order valence-corrected chi connectivity index (χ4v) is 4.67. The van der Waals surface area contributed by atoms with Crippen LogP contribution in [0.2, 0.25) is 0 Å². The molecule has 2 aliphatic heterocycles. The average Bonchev–Trinajstić information content (AvgIpc) is 3.17. The maximum atomic E-state index is 13.5. The number of rotatable bonds is 5. The molecular formula is C30H27NO7. The third-order valence-corrected chi connectivity index (χ3v) is 6.32. The number of carbonyl (C=O) groups excluding carboxylic acids is 3. The summed E-state index contributed by atoms with van der Waals surface area (Å²) < 4.78 is 16.5. The van der Waals surface area contributed by atoms with Gasteiger partial charge in [-0.1, -0.05) is 35.9 Å². The van der Waals surface area contributed by atoms with Gasteiger partial charge in [-0.15, -0.1) is 0 Å². The van der Waals surface area contributed by atoms with E-state index in [-0.39, 0.29) is 23.0 Å². The Bertz CT molecular complexity index is 1470. The summed E-state index contributed by atoms with van der Waals surface area (Å²) in [6.45, 7) is 6.17. The van der Waals surface area contributed by atoms with E-state index >= 15 is 0 Å². The van der Waals surface area contributed by atoms with Gasteiger partial charge in [0.1, 0.15) is 19.0 Å². The van der Waals surface area contributed by atoms with Crippen LogP contribution >= 0.6 is 0 Å². The molecule has 0 bridgehead atoms. The molecule has 1 fully saturated rings. The number of aliphatic hydroxyl groups excluding tert-OH is 1. The van der Waals surface area contributed by atoms with Crippen LogP contribution in [0.4, 0.5) is 5.69 Å². The number of hydrogen-bond donors (Lipinski definition) is 1. The fraction of sp³-hybridized carbons (Fsp3) is 0.233. The van der Waals surface area contributed by atoms with Crippen molar-refractivity contribution in [1.29, 1.82) is 0 Å². The number of nitrogens with zero attached hydrogens (tertiary/aromatic N) is 1. The Labute approximate surface area is 220 Å². The third kappa shape index (κ3) is 4.61. The Morgan fingerprint density at radius 3 is 2.42 bits per heavy atom. The molecule has 0 spiro atoms. The number of benzene rings is 3. The van der Waals surface area contributed by atoms with E-state index in [0.717, 1.165) is 5.56 Å². The minimum absolute atomic E-state index is 0.0626. The number of amides is 1. The fourth-order valence-electron chi connectivity index (χ4n) is 4.67. The molecule has 2 aliphatic rings. The SMILES string of the molecule is Cc1cccc(C2/C(=C(/O)c3ccc4c(c3)OCCO4)C(=O)C(=O)N2c2cccc(C(=O)OC(C)C)c2)c1. The van der Waals surface area contributed by atoms with Gasteiger partial charge in [-0.3, -0.25) is 14.5 Å². The van der Waals surface area contributed by atoms with Crippen LogP contribution < -0.4 is 14.4 Å². The third-order valence-electron chi connectivity index (χ3n) is 6.32. The molecule has 1 amide bonds. The second kappa shape index (κ2) is 10.0. The van der Waals surface area contributed by atoms with Crippen molar-refractivity contribution in [2.45, 2.75) is 32.9 Å². The molecule has 1 atom stereocenters. The highest BCUT2D eigenvalue weighted by molar-refractivity contribution is 6.51. The molecule has 1 unspecified atom stereocenters. The van der Waals surface area contributed by atoms with Gasteiger partial charge in [0.25, 0.3) is 11.7 Å². The van der Waals surface area contributed by atoms with Crippen LogP contribution in [0, 0.1) is 6.92 Å². The van der Waals surface area contributed by atoms with Crippen LogP contribution in [0.15, 0.2) is 72.3 Å². The van der Waals surface area contributed by atoms with Gasteiger partial charge in [0.05, 0.1) is 23.3 Å². The average molecular weight is 514 g/mol. The van der Waals surface area contributed by atoms with E-state index in [1.165, 1.54) is 11.0 Å². The monoisotopic (exact) mass is 513 g/mol. The predicted molar refractivity (Wildman–Crippen MR) is 140 cm³/mol. The lowest BCUT2D eigenvalue weighted by Crippen LogP contribution is -2.29. The lowest BCUT2D eigenvalue weighted by atomic mass is 9.94. The van der Waals surface area contributed by atoms with Gasteiger partial charge in [0.2, 0.25) is 0 Å². The number of ether oxygens (including phenoxy) is 3. The molecule has 194 valence electrons. The van der Waals surface area contributed by atoms with E-state index in [1.807, 2.05) is 25.1 Å². The van der Waals surface area contributed by atoms with Gasteiger partial charge < -0.3 is 19.3 Å². The van der Waals surface area contributed by atoms with Gasteiger partial charge in [-0.2, -0.15) is 0 Å². The molecule has 0 radical (unpaired) electrons. The Balaban J connectivity index is 1.66. The highest BCUT2D eigenvalue weighted by Crippen LogP contribution is 2.43. The van der Waals surface area contributed by atoms with Crippen molar-refractivity contribution in [3.05, 3.63) is 94.6 Å². The van der Waals surface area contributed by atoms with Crippen molar-refractivity contribution in [3.63, 3.8) is 0 Å². The summed E-state index contributed by atoms with van der Waals surface area (Å²) in [7, 11) is 0. The van der Waals surface area contributed by atoms with Crippen molar-refractivity contribution in [3.8, 4) is 11.5 Å². The standard InChI is InChI=1S/C30H27NO7/c1-17(2)38-30(35)21-8-5-9-22(15-21)31-26(19-7-4-6-18(3)14-19)25(28(33)29(31)34)27(32)20-10-11-23-24(16-20)37-13-12-36-23/h4-11,14-17,26,32H,12-13H2,1-3H3/b27-25-. The molecule has 1 N–H and O–H groups in total. The number of aryl methyl sites for hydroxylation is 1. The quantitative estimate of drug-likeness (QED) is 0.223.